The molecule has 1 unspecified atom stereocenters. The molecule has 1 aromatic carbocycles. The summed E-state index contributed by atoms with van der Waals surface area (Å²) in [6, 6.07) is 6.56. The van der Waals surface area contributed by atoms with E-state index in [9.17, 15) is 4.39 Å². The third-order valence-electron chi connectivity index (χ3n) is 2.21. The van der Waals surface area contributed by atoms with Gasteiger partial charge in [0.15, 0.2) is 0 Å². The maximum absolute atomic E-state index is 13.0. The van der Waals surface area contributed by atoms with E-state index in [-0.39, 0.29) is 11.9 Å². The summed E-state index contributed by atoms with van der Waals surface area (Å²) in [5.41, 5.74) is 0.896. The highest BCUT2D eigenvalue weighted by atomic mass is 32.1. The van der Waals surface area contributed by atoms with Crippen LogP contribution in [0.2, 0.25) is 0 Å². The van der Waals surface area contributed by atoms with Crippen molar-refractivity contribution in [2.45, 2.75) is 19.9 Å². The normalized spacial score (nSPS) is 12.4. The second-order valence-electron chi connectivity index (χ2n) is 3.55. The molecular formula is C11H12FN3S. The number of nitrogens with one attached hydrogen (secondary N) is 1. The quantitative estimate of drug-likeness (QED) is 0.891. The number of halogens is 1. The summed E-state index contributed by atoms with van der Waals surface area (Å²) in [5, 5.41) is 12.7. The molecule has 1 atom stereocenters. The van der Waals surface area contributed by atoms with Gasteiger partial charge < -0.3 is 5.32 Å². The van der Waals surface area contributed by atoms with Crippen LogP contribution in [-0.4, -0.2) is 10.2 Å². The molecule has 0 bridgehead atoms. The van der Waals surface area contributed by atoms with Crippen LogP contribution in [0.25, 0.3) is 0 Å². The topological polar surface area (TPSA) is 37.8 Å². The Morgan fingerprint density at radius 1 is 1.38 bits per heavy atom. The molecule has 0 aliphatic rings. The zero-order chi connectivity index (χ0) is 11.5. The summed E-state index contributed by atoms with van der Waals surface area (Å²) in [4.78, 5) is 0. The molecule has 0 fully saturated rings. The number of hydrogen-bond acceptors (Lipinski definition) is 4. The Hall–Kier alpha value is -1.49. The van der Waals surface area contributed by atoms with Gasteiger partial charge in [-0.1, -0.05) is 23.5 Å². The van der Waals surface area contributed by atoms with Gasteiger partial charge in [-0.15, -0.1) is 10.2 Å². The molecule has 1 aromatic heterocycles. The third kappa shape index (κ3) is 2.55. The molecule has 0 radical (unpaired) electrons. The van der Waals surface area contributed by atoms with Gasteiger partial charge >= 0.3 is 0 Å². The van der Waals surface area contributed by atoms with Gasteiger partial charge in [-0.2, -0.15) is 0 Å². The van der Waals surface area contributed by atoms with E-state index >= 15 is 0 Å². The lowest BCUT2D eigenvalue weighted by atomic mass is 10.1. The maximum atomic E-state index is 13.0. The van der Waals surface area contributed by atoms with Gasteiger partial charge in [0.2, 0.25) is 5.13 Å². The largest absolute Gasteiger partial charge is 0.354 e. The average molecular weight is 237 g/mol. The molecule has 5 heteroatoms. The second-order valence-corrected chi connectivity index (χ2v) is 4.73. The van der Waals surface area contributed by atoms with E-state index in [0.29, 0.717) is 0 Å². The van der Waals surface area contributed by atoms with E-state index in [1.54, 1.807) is 6.07 Å². The molecule has 2 rings (SSSR count). The SMILES string of the molecule is Cc1nnc(NC(C)c2cccc(F)c2)s1. The van der Waals surface area contributed by atoms with Crippen LogP contribution in [0.1, 0.15) is 23.5 Å². The molecule has 1 N–H and O–H groups in total. The van der Waals surface area contributed by atoms with Crippen LogP contribution in [0.4, 0.5) is 9.52 Å². The standard InChI is InChI=1S/C11H12FN3S/c1-7(9-4-3-5-10(12)6-9)13-11-15-14-8(2)16-11/h3-7H,1-2H3,(H,13,15). The lowest BCUT2D eigenvalue weighted by Gasteiger charge is -2.12. The van der Waals surface area contributed by atoms with Crippen molar-refractivity contribution in [2.24, 2.45) is 0 Å². The monoisotopic (exact) mass is 237 g/mol. The van der Waals surface area contributed by atoms with Gasteiger partial charge in [0.1, 0.15) is 10.8 Å². The Kier molecular flexibility index (Phi) is 3.14. The van der Waals surface area contributed by atoms with Crippen LogP contribution < -0.4 is 5.32 Å². The molecule has 0 aliphatic carbocycles. The van der Waals surface area contributed by atoms with Crippen molar-refractivity contribution in [3.63, 3.8) is 0 Å². The molecule has 0 saturated heterocycles. The molecule has 16 heavy (non-hydrogen) atoms. The number of anilines is 1. The summed E-state index contributed by atoms with van der Waals surface area (Å²) >= 11 is 1.49. The number of rotatable bonds is 3. The molecule has 1 heterocycles. The first-order chi connectivity index (χ1) is 7.65. The van der Waals surface area contributed by atoms with Crippen molar-refractivity contribution in [1.29, 1.82) is 0 Å². The molecular weight excluding hydrogens is 225 g/mol. The average Bonchev–Trinajstić information content (AvgIpc) is 2.64. The van der Waals surface area contributed by atoms with Crippen LogP contribution in [0.15, 0.2) is 24.3 Å². The van der Waals surface area contributed by atoms with Crippen LogP contribution in [0.3, 0.4) is 0 Å². The Balaban J connectivity index is 2.11. The lowest BCUT2D eigenvalue weighted by molar-refractivity contribution is 0.623. The summed E-state index contributed by atoms with van der Waals surface area (Å²) in [6.07, 6.45) is 0. The molecule has 3 nitrogen and oxygen atoms in total. The Morgan fingerprint density at radius 2 is 2.19 bits per heavy atom. The van der Waals surface area contributed by atoms with E-state index in [1.165, 1.54) is 23.5 Å². The third-order valence-corrected chi connectivity index (χ3v) is 2.98. The number of nitrogens with zero attached hydrogens (tertiary/aromatic N) is 2. The Morgan fingerprint density at radius 3 is 2.81 bits per heavy atom. The van der Waals surface area contributed by atoms with Crippen molar-refractivity contribution in [3.8, 4) is 0 Å². The summed E-state index contributed by atoms with van der Waals surface area (Å²) in [6.45, 7) is 3.86. The zero-order valence-corrected chi connectivity index (χ0v) is 9.88. The van der Waals surface area contributed by atoms with Crippen molar-refractivity contribution in [2.75, 3.05) is 5.32 Å². The van der Waals surface area contributed by atoms with Crippen LogP contribution in [-0.2, 0) is 0 Å². The van der Waals surface area contributed by atoms with Gasteiger partial charge in [-0.3, -0.25) is 0 Å². The van der Waals surface area contributed by atoms with Crippen molar-refractivity contribution in [3.05, 3.63) is 40.7 Å². The number of hydrogen-bond donors (Lipinski definition) is 1. The van der Waals surface area contributed by atoms with Gasteiger partial charge in [0.25, 0.3) is 0 Å². The van der Waals surface area contributed by atoms with Crippen LogP contribution in [0, 0.1) is 12.7 Å². The minimum Gasteiger partial charge on any atom is -0.354 e. The van der Waals surface area contributed by atoms with E-state index in [0.717, 1.165) is 15.7 Å². The molecule has 84 valence electrons. The Bertz CT molecular complexity index is 484. The fourth-order valence-electron chi connectivity index (χ4n) is 1.40. The lowest BCUT2D eigenvalue weighted by Crippen LogP contribution is -2.06. The minimum absolute atomic E-state index is 0.0167. The molecule has 0 spiro atoms. The first-order valence-corrected chi connectivity index (χ1v) is 5.79. The fraction of sp³-hybridized carbons (Fsp3) is 0.273. The number of benzene rings is 1. The predicted molar refractivity (Wildman–Crippen MR) is 63.1 cm³/mol. The number of aryl methyl sites for hydroxylation is 1. The molecule has 0 aliphatic heterocycles. The highest BCUT2D eigenvalue weighted by Crippen LogP contribution is 2.22. The molecule has 0 saturated carbocycles. The van der Waals surface area contributed by atoms with Crippen molar-refractivity contribution < 1.29 is 4.39 Å². The summed E-state index contributed by atoms with van der Waals surface area (Å²) in [5.74, 6) is -0.223. The fourth-order valence-corrected chi connectivity index (χ4v) is 2.08. The van der Waals surface area contributed by atoms with E-state index in [4.69, 9.17) is 0 Å². The summed E-state index contributed by atoms with van der Waals surface area (Å²) in [7, 11) is 0. The maximum Gasteiger partial charge on any atom is 0.206 e. The van der Waals surface area contributed by atoms with Crippen molar-refractivity contribution in [1.82, 2.24) is 10.2 Å². The van der Waals surface area contributed by atoms with Gasteiger partial charge in [0.05, 0.1) is 6.04 Å². The van der Waals surface area contributed by atoms with E-state index in [2.05, 4.69) is 15.5 Å². The van der Waals surface area contributed by atoms with Gasteiger partial charge in [-0.05, 0) is 31.5 Å². The molecule has 2 aromatic rings. The zero-order valence-electron chi connectivity index (χ0n) is 9.07. The van der Waals surface area contributed by atoms with Crippen molar-refractivity contribution >= 4 is 16.5 Å². The van der Waals surface area contributed by atoms with E-state index in [1.807, 2.05) is 19.9 Å². The van der Waals surface area contributed by atoms with Gasteiger partial charge in [0, 0.05) is 0 Å². The highest BCUT2D eigenvalue weighted by Gasteiger charge is 2.08. The van der Waals surface area contributed by atoms with E-state index < -0.39 is 0 Å². The minimum atomic E-state index is -0.223. The smallest absolute Gasteiger partial charge is 0.206 e. The second kappa shape index (κ2) is 4.57. The first kappa shape index (κ1) is 11.0. The molecule has 0 amide bonds. The summed E-state index contributed by atoms with van der Waals surface area (Å²) < 4.78 is 13.0. The van der Waals surface area contributed by atoms with Gasteiger partial charge in [-0.25, -0.2) is 4.39 Å². The highest BCUT2D eigenvalue weighted by molar-refractivity contribution is 7.15. The first-order valence-electron chi connectivity index (χ1n) is 4.97. The number of aromatic nitrogens is 2. The predicted octanol–water partition coefficient (Wildman–Crippen LogP) is 3.16. The van der Waals surface area contributed by atoms with Crippen LogP contribution >= 0.6 is 11.3 Å². The van der Waals surface area contributed by atoms with Crippen LogP contribution in [0.5, 0.6) is 0 Å². The Labute approximate surface area is 97.3 Å².